The summed E-state index contributed by atoms with van der Waals surface area (Å²) in [5.74, 6) is -1.07. The molecule has 2 heterocycles. The number of carbonyl (C=O) groups is 2. The predicted octanol–water partition coefficient (Wildman–Crippen LogP) is 3.20. The van der Waals surface area contributed by atoms with E-state index in [4.69, 9.17) is 4.74 Å². The minimum Gasteiger partial charge on any atom is -0.494 e. The number of aromatic carboxylic acids is 1. The van der Waals surface area contributed by atoms with Crippen LogP contribution in [0.1, 0.15) is 35.3 Å². The smallest absolute Gasteiger partial charge is 0.336 e. The molecule has 9 heteroatoms. The Morgan fingerprint density at radius 1 is 1.23 bits per heavy atom. The number of hydrogen-bond acceptors (Lipinski definition) is 5. The van der Waals surface area contributed by atoms with Gasteiger partial charge in [0.25, 0.3) is 6.43 Å². The number of carboxylic acid groups (broad SMARTS) is 1. The zero-order valence-electron chi connectivity index (χ0n) is 16.6. The first kappa shape index (κ1) is 20.2. The van der Waals surface area contributed by atoms with Gasteiger partial charge in [0.05, 0.1) is 18.9 Å². The normalized spacial score (nSPS) is 18.2. The number of alkyl halides is 2. The number of piperazine rings is 1. The van der Waals surface area contributed by atoms with E-state index in [1.54, 1.807) is 17.0 Å². The standard InChI is InChI=1S/C21H21F2N3O4/c1-25-7-8-26(20(29)21(25)5-6-21)12-3-4-13(19(27)28)14(9-12)15-10-16(18(22)23)24-11-17(15)30-2/h3-4,9-11,18H,5-8H2,1-2H3,(H,27,28). The maximum atomic E-state index is 13.2. The third-order valence-electron chi connectivity index (χ3n) is 5.92. The van der Waals surface area contributed by atoms with E-state index < -0.39 is 23.6 Å². The van der Waals surface area contributed by atoms with Gasteiger partial charge in [-0.1, -0.05) is 0 Å². The summed E-state index contributed by atoms with van der Waals surface area (Å²) in [4.78, 5) is 32.3. The maximum absolute atomic E-state index is 13.2. The van der Waals surface area contributed by atoms with Crippen LogP contribution in [0.2, 0.25) is 0 Å². The van der Waals surface area contributed by atoms with E-state index >= 15 is 0 Å². The Balaban J connectivity index is 1.84. The molecule has 1 aliphatic carbocycles. The highest BCUT2D eigenvalue weighted by atomic mass is 19.3. The van der Waals surface area contributed by atoms with E-state index in [1.165, 1.54) is 13.2 Å². The lowest BCUT2D eigenvalue weighted by molar-refractivity contribution is -0.126. The van der Waals surface area contributed by atoms with Crippen LogP contribution in [-0.4, -0.2) is 59.7 Å². The fraction of sp³-hybridized carbons (Fsp3) is 0.381. The molecule has 1 aromatic heterocycles. The lowest BCUT2D eigenvalue weighted by Gasteiger charge is -2.39. The largest absolute Gasteiger partial charge is 0.494 e. The van der Waals surface area contributed by atoms with Gasteiger partial charge in [0, 0.05) is 29.9 Å². The predicted molar refractivity (Wildman–Crippen MR) is 105 cm³/mol. The molecule has 0 radical (unpaired) electrons. The Bertz CT molecular complexity index is 1020. The number of methoxy groups -OCH3 is 1. The molecule has 1 amide bonds. The summed E-state index contributed by atoms with van der Waals surface area (Å²) in [5, 5.41) is 9.66. The van der Waals surface area contributed by atoms with Gasteiger partial charge in [0.15, 0.2) is 0 Å². The van der Waals surface area contributed by atoms with Crippen molar-refractivity contribution in [2.45, 2.75) is 24.8 Å². The van der Waals surface area contributed by atoms with Crippen LogP contribution in [-0.2, 0) is 4.79 Å². The van der Waals surface area contributed by atoms with Gasteiger partial charge in [-0.2, -0.15) is 0 Å². The molecule has 1 aromatic carbocycles. The summed E-state index contributed by atoms with van der Waals surface area (Å²) in [6.45, 7) is 1.15. The molecule has 0 atom stereocenters. The molecule has 2 fully saturated rings. The van der Waals surface area contributed by atoms with Crippen molar-refractivity contribution in [3.8, 4) is 16.9 Å². The molecule has 30 heavy (non-hydrogen) atoms. The van der Waals surface area contributed by atoms with Crippen molar-refractivity contribution >= 4 is 17.6 Å². The SMILES string of the molecule is COc1cnc(C(F)F)cc1-c1cc(N2CCN(C)C3(CC3)C2=O)ccc1C(=O)O. The van der Waals surface area contributed by atoms with Crippen molar-refractivity contribution in [2.24, 2.45) is 0 Å². The van der Waals surface area contributed by atoms with Gasteiger partial charge in [-0.05, 0) is 44.2 Å². The number of benzene rings is 1. The summed E-state index contributed by atoms with van der Waals surface area (Å²) in [6, 6.07) is 5.65. The second kappa shape index (κ2) is 7.32. The molecule has 0 unspecified atom stereocenters. The van der Waals surface area contributed by atoms with E-state index in [1.807, 2.05) is 7.05 Å². The van der Waals surface area contributed by atoms with E-state index in [0.29, 0.717) is 18.8 Å². The molecule has 1 aliphatic heterocycles. The van der Waals surface area contributed by atoms with Crippen molar-refractivity contribution in [3.63, 3.8) is 0 Å². The Hall–Kier alpha value is -3.07. The number of hydrogen-bond donors (Lipinski definition) is 1. The molecule has 0 bridgehead atoms. The number of carboxylic acids is 1. The van der Waals surface area contributed by atoms with Crippen LogP contribution in [0.15, 0.2) is 30.5 Å². The van der Waals surface area contributed by atoms with Crippen LogP contribution in [0.3, 0.4) is 0 Å². The number of rotatable bonds is 5. The van der Waals surface area contributed by atoms with Crippen LogP contribution >= 0.6 is 0 Å². The number of amides is 1. The third-order valence-corrected chi connectivity index (χ3v) is 5.92. The second-order valence-corrected chi connectivity index (χ2v) is 7.56. The van der Waals surface area contributed by atoms with Crippen molar-refractivity contribution < 1.29 is 28.2 Å². The lowest BCUT2D eigenvalue weighted by Crippen LogP contribution is -2.57. The number of halogens is 2. The highest BCUT2D eigenvalue weighted by Gasteiger charge is 2.57. The number of likely N-dealkylation sites (N-methyl/N-ethyl adjacent to an activating group) is 1. The van der Waals surface area contributed by atoms with Crippen molar-refractivity contribution in [1.82, 2.24) is 9.88 Å². The summed E-state index contributed by atoms with van der Waals surface area (Å²) in [5.41, 5.74) is -0.146. The van der Waals surface area contributed by atoms with Gasteiger partial charge < -0.3 is 14.7 Å². The molecule has 1 N–H and O–H groups in total. The van der Waals surface area contributed by atoms with E-state index in [0.717, 1.165) is 25.1 Å². The molecule has 158 valence electrons. The number of pyridine rings is 1. The quantitative estimate of drug-likeness (QED) is 0.805. The Morgan fingerprint density at radius 3 is 2.57 bits per heavy atom. The zero-order chi connectivity index (χ0) is 21.6. The van der Waals surface area contributed by atoms with Gasteiger partial charge in [-0.25, -0.2) is 13.6 Å². The first-order valence-corrected chi connectivity index (χ1v) is 9.51. The fourth-order valence-electron chi connectivity index (χ4n) is 4.00. The van der Waals surface area contributed by atoms with Crippen LogP contribution in [0.4, 0.5) is 14.5 Å². The number of ether oxygens (including phenoxy) is 1. The Morgan fingerprint density at radius 2 is 1.97 bits per heavy atom. The minimum absolute atomic E-state index is 0.0276. The lowest BCUT2D eigenvalue weighted by atomic mass is 9.97. The molecular formula is C21H21F2N3O4. The van der Waals surface area contributed by atoms with Crippen LogP contribution in [0.25, 0.3) is 11.1 Å². The van der Waals surface area contributed by atoms with Crippen LogP contribution < -0.4 is 9.64 Å². The molecule has 1 saturated carbocycles. The molecule has 2 aromatic rings. The molecular weight excluding hydrogens is 396 g/mol. The molecule has 1 spiro atoms. The first-order chi connectivity index (χ1) is 14.3. The average Bonchev–Trinajstić information content (AvgIpc) is 3.53. The fourth-order valence-corrected chi connectivity index (χ4v) is 4.00. The van der Waals surface area contributed by atoms with E-state index in [2.05, 4.69) is 9.88 Å². The van der Waals surface area contributed by atoms with Crippen molar-refractivity contribution in [1.29, 1.82) is 0 Å². The molecule has 7 nitrogen and oxygen atoms in total. The zero-order valence-corrected chi connectivity index (χ0v) is 16.6. The van der Waals surface area contributed by atoms with Gasteiger partial charge in [0.1, 0.15) is 17.0 Å². The second-order valence-electron chi connectivity index (χ2n) is 7.56. The number of nitrogens with zero attached hydrogens (tertiary/aromatic N) is 3. The highest BCUT2D eigenvalue weighted by molar-refractivity contribution is 6.05. The summed E-state index contributed by atoms with van der Waals surface area (Å²) in [6.07, 6.45) is -0.0982. The monoisotopic (exact) mass is 417 g/mol. The summed E-state index contributed by atoms with van der Waals surface area (Å²) >= 11 is 0. The number of anilines is 1. The molecule has 2 aliphatic rings. The van der Waals surface area contributed by atoms with E-state index in [-0.39, 0.29) is 28.3 Å². The molecule has 1 saturated heterocycles. The first-order valence-electron chi connectivity index (χ1n) is 9.51. The summed E-state index contributed by atoms with van der Waals surface area (Å²) in [7, 11) is 3.28. The van der Waals surface area contributed by atoms with Gasteiger partial charge >= 0.3 is 5.97 Å². The topological polar surface area (TPSA) is 83.0 Å². The van der Waals surface area contributed by atoms with Crippen molar-refractivity contribution in [3.05, 3.63) is 41.7 Å². The number of aromatic nitrogens is 1. The van der Waals surface area contributed by atoms with Crippen LogP contribution in [0, 0.1) is 0 Å². The van der Waals surface area contributed by atoms with Gasteiger partial charge in [0.2, 0.25) is 5.91 Å². The minimum atomic E-state index is -2.82. The Labute approximate surface area is 171 Å². The number of carbonyl (C=O) groups excluding carboxylic acids is 1. The van der Waals surface area contributed by atoms with Gasteiger partial charge in [-0.15, -0.1) is 0 Å². The summed E-state index contributed by atoms with van der Waals surface area (Å²) < 4.78 is 31.7. The maximum Gasteiger partial charge on any atom is 0.336 e. The highest BCUT2D eigenvalue weighted by Crippen LogP contribution is 2.46. The molecule has 4 rings (SSSR count). The van der Waals surface area contributed by atoms with Crippen molar-refractivity contribution in [2.75, 3.05) is 32.1 Å². The van der Waals surface area contributed by atoms with E-state index in [9.17, 15) is 23.5 Å². The van der Waals surface area contributed by atoms with Crippen LogP contribution in [0.5, 0.6) is 5.75 Å². The Kier molecular flexibility index (Phi) is 4.93. The average molecular weight is 417 g/mol. The van der Waals surface area contributed by atoms with Gasteiger partial charge in [-0.3, -0.25) is 14.7 Å². The third kappa shape index (κ3) is 3.19.